The van der Waals surface area contributed by atoms with E-state index in [1.165, 1.54) is 0 Å². The molecule has 0 aliphatic carbocycles. The second-order valence-electron chi connectivity index (χ2n) is 4.97. The molecule has 3 aromatic carbocycles. The molecule has 2 heteroatoms. The number of benzene rings is 3. The van der Waals surface area contributed by atoms with Crippen molar-refractivity contribution >= 4 is 5.78 Å². The summed E-state index contributed by atoms with van der Waals surface area (Å²) in [7, 11) is 0. The van der Waals surface area contributed by atoms with Gasteiger partial charge >= 0.3 is 5.78 Å². The monoisotopic (exact) mass is 289 g/mol. The van der Waals surface area contributed by atoms with Crippen molar-refractivity contribution in [1.82, 2.24) is 0 Å². The fourth-order valence-corrected chi connectivity index (χ4v) is 2.30. The molecule has 1 unspecified atom stereocenters. The van der Waals surface area contributed by atoms with E-state index in [-0.39, 0.29) is 5.78 Å². The highest BCUT2D eigenvalue weighted by Crippen LogP contribution is 2.25. The quantitative estimate of drug-likeness (QED) is 0.506. The van der Waals surface area contributed by atoms with Crippen LogP contribution in [0, 0.1) is 0 Å². The van der Waals surface area contributed by atoms with Crippen molar-refractivity contribution in [3.63, 3.8) is 0 Å². The normalized spacial score (nSPS) is 11.6. The average molecular weight is 289 g/mol. The van der Waals surface area contributed by atoms with Crippen LogP contribution in [0.15, 0.2) is 91.0 Å². The van der Waals surface area contributed by atoms with Crippen molar-refractivity contribution in [3.8, 4) is 5.75 Å². The second-order valence-corrected chi connectivity index (χ2v) is 4.97. The van der Waals surface area contributed by atoms with Crippen LogP contribution in [0.4, 0.5) is 0 Å². The first-order chi connectivity index (χ1) is 10.8. The lowest BCUT2D eigenvalue weighted by atomic mass is 10.00. The summed E-state index contributed by atoms with van der Waals surface area (Å²) in [5, 5.41) is 0. The van der Waals surface area contributed by atoms with Crippen LogP contribution in [-0.4, -0.2) is 10.6 Å². The number of ether oxygens (including phenoxy) is 1. The number of ketones is 1. The zero-order valence-corrected chi connectivity index (χ0v) is 12.1. The summed E-state index contributed by atoms with van der Waals surface area (Å²) < 4.78 is 6.03. The van der Waals surface area contributed by atoms with E-state index >= 15 is 0 Å². The Labute approximate surface area is 130 Å². The van der Waals surface area contributed by atoms with Crippen LogP contribution in [-0.2, 0) is 0 Å². The Bertz CT molecular complexity index is 721. The Balaban J connectivity index is 1.95. The highest BCUT2D eigenvalue weighted by molar-refractivity contribution is 6.00. The predicted molar refractivity (Wildman–Crippen MR) is 88.7 cm³/mol. The van der Waals surface area contributed by atoms with E-state index in [0.29, 0.717) is 0 Å². The maximum atomic E-state index is 10.7. The molecule has 1 atom stereocenters. The third kappa shape index (κ3) is 3.23. The lowest BCUT2D eigenvalue weighted by molar-refractivity contribution is 0.264. The van der Waals surface area contributed by atoms with Gasteiger partial charge in [-0.25, -0.2) is 0 Å². The molecule has 0 spiro atoms. The number of para-hydroxylation sites is 1. The molecule has 0 saturated heterocycles. The summed E-state index contributed by atoms with van der Waals surface area (Å²) in [6.45, 7) is 0. The molecule has 3 rings (SSSR count). The number of hydrogen-bond acceptors (Lipinski definition) is 1. The molecule has 0 radical (unpaired) electrons. The van der Waals surface area contributed by atoms with Crippen molar-refractivity contribution in [2.45, 2.75) is 6.10 Å². The summed E-state index contributed by atoms with van der Waals surface area (Å²) in [4.78, 5) is 10.7. The molecular formula is C20H17O2+. The van der Waals surface area contributed by atoms with Crippen molar-refractivity contribution in [1.29, 1.82) is 0 Å². The lowest BCUT2D eigenvalue weighted by Gasteiger charge is -2.15. The summed E-state index contributed by atoms with van der Waals surface area (Å²) in [5.74, 6) is 0.925. The van der Waals surface area contributed by atoms with E-state index in [0.717, 1.165) is 16.9 Å². The first kappa shape index (κ1) is 14.1. The van der Waals surface area contributed by atoms with Gasteiger partial charge in [0, 0.05) is 5.56 Å². The third-order valence-electron chi connectivity index (χ3n) is 3.42. The van der Waals surface area contributed by atoms with E-state index in [1.54, 1.807) is 0 Å². The second kappa shape index (κ2) is 6.72. The minimum Gasteiger partial charge on any atom is -0.472 e. The van der Waals surface area contributed by atoms with Gasteiger partial charge in [0.1, 0.15) is 5.75 Å². The van der Waals surface area contributed by atoms with Gasteiger partial charge in [-0.3, -0.25) is 4.79 Å². The molecule has 0 aliphatic rings. The zero-order chi connectivity index (χ0) is 15.2. The molecule has 3 aromatic rings. The number of hydrogen-bond donors (Lipinski definition) is 0. The minimum atomic E-state index is -0.536. The van der Waals surface area contributed by atoms with Crippen LogP contribution >= 0.6 is 0 Å². The van der Waals surface area contributed by atoms with Gasteiger partial charge in [-0.05, 0) is 24.3 Å². The van der Waals surface area contributed by atoms with Gasteiger partial charge in [-0.15, -0.1) is 0 Å². The smallest absolute Gasteiger partial charge is 0.368 e. The molecular weight excluding hydrogens is 272 g/mol. The number of rotatable bonds is 5. The SMILES string of the molecule is [OH+]=C(c1ccccc1)C(Oc1ccccc1)c1ccccc1. The van der Waals surface area contributed by atoms with Gasteiger partial charge in [0.25, 0.3) is 0 Å². The largest absolute Gasteiger partial charge is 0.472 e. The molecule has 0 heterocycles. The van der Waals surface area contributed by atoms with Crippen LogP contribution in [0.3, 0.4) is 0 Å². The Morgan fingerprint density at radius 3 is 1.77 bits per heavy atom. The van der Waals surface area contributed by atoms with Crippen molar-refractivity contribution in [3.05, 3.63) is 102 Å². The van der Waals surface area contributed by atoms with Crippen LogP contribution in [0.25, 0.3) is 0 Å². The highest BCUT2D eigenvalue weighted by atomic mass is 16.5. The molecule has 0 bridgehead atoms. The fourth-order valence-electron chi connectivity index (χ4n) is 2.30. The molecule has 2 nitrogen and oxygen atoms in total. The summed E-state index contributed by atoms with van der Waals surface area (Å²) in [6, 6.07) is 28.7. The van der Waals surface area contributed by atoms with Gasteiger partial charge in [0.15, 0.2) is 0 Å². The van der Waals surface area contributed by atoms with E-state index in [1.807, 2.05) is 91.0 Å². The zero-order valence-electron chi connectivity index (χ0n) is 12.1. The number of carbonyl (C=O) groups excluding carboxylic acids is 1. The van der Waals surface area contributed by atoms with E-state index in [2.05, 4.69) is 0 Å². The molecule has 0 saturated carbocycles. The summed E-state index contributed by atoms with van der Waals surface area (Å²) >= 11 is 0. The molecule has 0 aromatic heterocycles. The average Bonchev–Trinajstić information content (AvgIpc) is 2.61. The molecule has 0 amide bonds. The maximum Gasteiger partial charge on any atom is 0.368 e. The first-order valence-electron chi connectivity index (χ1n) is 7.22. The van der Waals surface area contributed by atoms with Gasteiger partial charge in [-0.1, -0.05) is 66.7 Å². The molecule has 1 N–H and O–H groups in total. The van der Waals surface area contributed by atoms with Crippen LogP contribution in [0.2, 0.25) is 0 Å². The standard InChI is InChI=1S/C20H16O2/c21-19(16-10-4-1-5-11-16)20(17-12-6-2-7-13-17)22-18-14-8-3-9-15-18/h1-15,20H/p+1. The molecule has 0 fully saturated rings. The molecule has 108 valence electrons. The third-order valence-corrected chi connectivity index (χ3v) is 3.42. The van der Waals surface area contributed by atoms with Gasteiger partial charge in [0.2, 0.25) is 6.10 Å². The Kier molecular flexibility index (Phi) is 4.30. The van der Waals surface area contributed by atoms with Crippen LogP contribution in [0.1, 0.15) is 17.2 Å². The van der Waals surface area contributed by atoms with Crippen LogP contribution in [0.5, 0.6) is 5.75 Å². The van der Waals surface area contributed by atoms with Gasteiger partial charge in [0.05, 0.1) is 5.56 Å². The Hall–Kier alpha value is -2.87. The van der Waals surface area contributed by atoms with Crippen LogP contribution < -0.4 is 4.74 Å². The highest BCUT2D eigenvalue weighted by Gasteiger charge is 2.29. The Morgan fingerprint density at radius 1 is 0.682 bits per heavy atom. The first-order valence-corrected chi connectivity index (χ1v) is 7.22. The lowest BCUT2D eigenvalue weighted by Crippen LogP contribution is -2.20. The predicted octanol–water partition coefficient (Wildman–Crippen LogP) is 4.40. The molecule has 0 aliphatic heterocycles. The fraction of sp³-hybridized carbons (Fsp3) is 0.0500. The summed E-state index contributed by atoms with van der Waals surface area (Å²) in [6.07, 6.45) is -0.536. The van der Waals surface area contributed by atoms with Gasteiger partial charge in [-0.2, -0.15) is 0 Å². The Morgan fingerprint density at radius 2 is 1.18 bits per heavy atom. The van der Waals surface area contributed by atoms with E-state index < -0.39 is 6.10 Å². The summed E-state index contributed by atoms with van der Waals surface area (Å²) in [5.41, 5.74) is 1.67. The van der Waals surface area contributed by atoms with Crippen molar-refractivity contribution in [2.24, 2.45) is 0 Å². The minimum absolute atomic E-state index is 0.204. The van der Waals surface area contributed by atoms with Gasteiger partial charge < -0.3 is 4.74 Å². The van der Waals surface area contributed by atoms with E-state index in [9.17, 15) is 4.79 Å². The van der Waals surface area contributed by atoms with Crippen molar-refractivity contribution in [2.75, 3.05) is 0 Å². The maximum absolute atomic E-state index is 10.7. The van der Waals surface area contributed by atoms with Crippen molar-refractivity contribution < 1.29 is 9.53 Å². The molecule has 22 heavy (non-hydrogen) atoms. The van der Waals surface area contributed by atoms with E-state index in [4.69, 9.17) is 4.74 Å². The topological polar surface area (TPSA) is 30.6 Å².